The average Bonchev–Trinajstić information content (AvgIpc) is 2.59. The van der Waals surface area contributed by atoms with Gasteiger partial charge in [0.25, 0.3) is 5.91 Å². The minimum absolute atomic E-state index is 0.169. The lowest BCUT2D eigenvalue weighted by molar-refractivity contribution is 0.0691. The molecule has 3 rings (SSSR count). The number of rotatable bonds is 3. The molecule has 0 spiro atoms. The molecular weight excluding hydrogens is 314 g/mol. The third kappa shape index (κ3) is 3.50. The summed E-state index contributed by atoms with van der Waals surface area (Å²) in [4.78, 5) is 22.2. The number of aromatic nitrogens is 2. The standard InChI is InChI=1S/C17H18F2N4O/c1-11-5-7-23(8-6-11)17(24)14-9-15(21-10-20-14)22-16-12(18)3-2-4-13(16)19/h2-4,9-11H,5-8H2,1H3,(H,20,21,22). The van der Waals surface area contributed by atoms with Crippen molar-refractivity contribution in [2.24, 2.45) is 5.92 Å². The Hall–Kier alpha value is -2.57. The van der Waals surface area contributed by atoms with Crippen LogP contribution in [0.25, 0.3) is 0 Å². The Labute approximate surface area is 138 Å². The summed E-state index contributed by atoms with van der Waals surface area (Å²) < 4.78 is 27.4. The van der Waals surface area contributed by atoms with Crippen LogP contribution in [0, 0.1) is 17.6 Å². The largest absolute Gasteiger partial charge is 0.337 e. The van der Waals surface area contributed by atoms with Gasteiger partial charge in [0, 0.05) is 19.2 Å². The first-order valence-corrected chi connectivity index (χ1v) is 7.87. The molecule has 24 heavy (non-hydrogen) atoms. The van der Waals surface area contributed by atoms with E-state index in [9.17, 15) is 13.6 Å². The Balaban J connectivity index is 1.78. The zero-order valence-electron chi connectivity index (χ0n) is 13.3. The molecule has 5 nitrogen and oxygen atoms in total. The van der Waals surface area contributed by atoms with Gasteiger partial charge in [-0.15, -0.1) is 0 Å². The second-order valence-electron chi connectivity index (χ2n) is 5.98. The molecule has 1 aromatic carbocycles. The Kier molecular flexibility index (Phi) is 4.69. The van der Waals surface area contributed by atoms with Crippen LogP contribution in [0.1, 0.15) is 30.3 Å². The van der Waals surface area contributed by atoms with E-state index >= 15 is 0 Å². The minimum atomic E-state index is -0.730. The van der Waals surface area contributed by atoms with Crippen molar-refractivity contribution < 1.29 is 13.6 Å². The summed E-state index contributed by atoms with van der Waals surface area (Å²) in [6, 6.07) is 4.98. The van der Waals surface area contributed by atoms with E-state index < -0.39 is 11.6 Å². The molecule has 0 unspecified atom stereocenters. The fourth-order valence-electron chi connectivity index (χ4n) is 2.66. The lowest BCUT2D eigenvalue weighted by atomic mass is 9.99. The molecule has 0 atom stereocenters. The van der Waals surface area contributed by atoms with E-state index in [-0.39, 0.29) is 23.1 Å². The van der Waals surface area contributed by atoms with E-state index in [2.05, 4.69) is 22.2 Å². The van der Waals surface area contributed by atoms with Crippen molar-refractivity contribution in [3.63, 3.8) is 0 Å². The number of para-hydroxylation sites is 1. The van der Waals surface area contributed by atoms with Gasteiger partial charge in [0.15, 0.2) is 0 Å². The monoisotopic (exact) mass is 332 g/mol. The summed E-state index contributed by atoms with van der Waals surface area (Å²) in [5, 5.41) is 2.57. The van der Waals surface area contributed by atoms with Gasteiger partial charge < -0.3 is 10.2 Å². The number of nitrogens with zero attached hydrogens (tertiary/aromatic N) is 3. The highest BCUT2D eigenvalue weighted by molar-refractivity contribution is 5.93. The van der Waals surface area contributed by atoms with Crippen molar-refractivity contribution in [2.75, 3.05) is 18.4 Å². The van der Waals surface area contributed by atoms with Gasteiger partial charge in [-0.2, -0.15) is 0 Å². The smallest absolute Gasteiger partial charge is 0.272 e. The van der Waals surface area contributed by atoms with Crippen molar-refractivity contribution in [1.29, 1.82) is 0 Å². The highest BCUT2D eigenvalue weighted by Crippen LogP contribution is 2.23. The summed E-state index contributed by atoms with van der Waals surface area (Å²) in [5.74, 6) is -0.872. The van der Waals surface area contributed by atoms with Gasteiger partial charge in [0.2, 0.25) is 0 Å². The predicted molar refractivity (Wildman–Crippen MR) is 86.0 cm³/mol. The van der Waals surface area contributed by atoms with Gasteiger partial charge in [-0.3, -0.25) is 4.79 Å². The van der Waals surface area contributed by atoms with E-state index in [0.717, 1.165) is 25.0 Å². The van der Waals surface area contributed by atoms with Crippen LogP contribution >= 0.6 is 0 Å². The van der Waals surface area contributed by atoms with Crippen LogP contribution in [-0.4, -0.2) is 33.9 Å². The Bertz CT molecular complexity index is 725. The third-order valence-electron chi connectivity index (χ3n) is 4.17. The maximum Gasteiger partial charge on any atom is 0.272 e. The second-order valence-corrected chi connectivity index (χ2v) is 5.98. The molecule has 1 aromatic heterocycles. The molecule has 7 heteroatoms. The average molecular weight is 332 g/mol. The van der Waals surface area contributed by atoms with Gasteiger partial charge >= 0.3 is 0 Å². The van der Waals surface area contributed by atoms with Gasteiger partial charge in [0.05, 0.1) is 0 Å². The first-order valence-electron chi connectivity index (χ1n) is 7.87. The Morgan fingerprint density at radius 3 is 2.54 bits per heavy atom. The predicted octanol–water partition coefficient (Wildman–Crippen LogP) is 3.37. The maximum absolute atomic E-state index is 13.7. The van der Waals surface area contributed by atoms with Crippen LogP contribution in [0.15, 0.2) is 30.6 Å². The summed E-state index contributed by atoms with van der Waals surface area (Å²) in [6.45, 7) is 3.54. The first kappa shape index (κ1) is 16.3. The van der Waals surface area contributed by atoms with Crippen LogP contribution < -0.4 is 5.32 Å². The van der Waals surface area contributed by atoms with E-state index in [0.29, 0.717) is 19.0 Å². The van der Waals surface area contributed by atoms with E-state index in [1.54, 1.807) is 4.90 Å². The van der Waals surface area contributed by atoms with Crippen molar-refractivity contribution in [3.8, 4) is 0 Å². The van der Waals surface area contributed by atoms with Crippen LogP contribution in [0.5, 0.6) is 0 Å². The van der Waals surface area contributed by atoms with Crippen molar-refractivity contribution in [2.45, 2.75) is 19.8 Å². The molecule has 126 valence electrons. The molecule has 1 saturated heterocycles. The molecule has 2 aromatic rings. The summed E-state index contributed by atoms with van der Waals surface area (Å²) in [6.07, 6.45) is 3.13. The lowest BCUT2D eigenvalue weighted by Crippen LogP contribution is -2.38. The molecule has 1 aliphatic heterocycles. The molecule has 0 bridgehead atoms. The van der Waals surface area contributed by atoms with Crippen molar-refractivity contribution >= 4 is 17.4 Å². The van der Waals surface area contributed by atoms with Gasteiger partial charge in [-0.05, 0) is 30.9 Å². The number of likely N-dealkylation sites (tertiary alicyclic amines) is 1. The van der Waals surface area contributed by atoms with Crippen LogP contribution in [-0.2, 0) is 0 Å². The van der Waals surface area contributed by atoms with Crippen molar-refractivity contribution in [1.82, 2.24) is 14.9 Å². The zero-order valence-corrected chi connectivity index (χ0v) is 13.3. The number of carbonyl (C=O) groups excluding carboxylic acids is 1. The number of halogens is 2. The van der Waals surface area contributed by atoms with E-state index in [1.165, 1.54) is 18.5 Å². The second kappa shape index (κ2) is 6.90. The number of nitrogens with one attached hydrogen (secondary N) is 1. The SMILES string of the molecule is CC1CCN(C(=O)c2cc(Nc3c(F)cccc3F)ncn2)CC1. The fourth-order valence-corrected chi connectivity index (χ4v) is 2.66. The number of benzene rings is 1. The first-order chi connectivity index (χ1) is 11.5. The van der Waals surface area contributed by atoms with Crippen LogP contribution in [0.2, 0.25) is 0 Å². The molecule has 1 amide bonds. The van der Waals surface area contributed by atoms with E-state index in [4.69, 9.17) is 0 Å². The number of anilines is 2. The maximum atomic E-state index is 13.7. The molecule has 1 fully saturated rings. The molecule has 0 saturated carbocycles. The normalized spacial score (nSPS) is 15.4. The summed E-state index contributed by atoms with van der Waals surface area (Å²) in [7, 11) is 0. The zero-order chi connectivity index (χ0) is 17.1. The van der Waals surface area contributed by atoms with E-state index in [1.807, 2.05) is 0 Å². The molecular formula is C17H18F2N4O. The molecule has 0 aliphatic carbocycles. The lowest BCUT2D eigenvalue weighted by Gasteiger charge is -2.30. The third-order valence-corrected chi connectivity index (χ3v) is 4.17. The highest BCUT2D eigenvalue weighted by Gasteiger charge is 2.22. The quantitative estimate of drug-likeness (QED) is 0.936. The van der Waals surface area contributed by atoms with Crippen molar-refractivity contribution in [3.05, 3.63) is 47.9 Å². The minimum Gasteiger partial charge on any atom is -0.337 e. The van der Waals surface area contributed by atoms with Crippen LogP contribution in [0.4, 0.5) is 20.3 Å². The number of hydrogen-bond donors (Lipinski definition) is 1. The fraction of sp³-hybridized carbons (Fsp3) is 0.353. The molecule has 1 aliphatic rings. The molecule has 2 heterocycles. The molecule has 1 N–H and O–H groups in total. The summed E-state index contributed by atoms with van der Waals surface area (Å²) >= 11 is 0. The Morgan fingerprint density at radius 1 is 1.21 bits per heavy atom. The van der Waals surface area contributed by atoms with Crippen LogP contribution in [0.3, 0.4) is 0 Å². The van der Waals surface area contributed by atoms with Gasteiger partial charge in [-0.1, -0.05) is 13.0 Å². The number of carbonyl (C=O) groups is 1. The topological polar surface area (TPSA) is 58.1 Å². The number of amides is 1. The molecule has 0 radical (unpaired) electrons. The number of hydrogen-bond acceptors (Lipinski definition) is 4. The van der Waals surface area contributed by atoms with Gasteiger partial charge in [0.1, 0.15) is 35.2 Å². The Morgan fingerprint density at radius 2 is 1.88 bits per heavy atom. The van der Waals surface area contributed by atoms with Gasteiger partial charge in [-0.25, -0.2) is 18.7 Å². The summed E-state index contributed by atoms with van der Waals surface area (Å²) in [5.41, 5.74) is -0.0970. The number of piperidine rings is 1. The highest BCUT2D eigenvalue weighted by atomic mass is 19.1.